The Morgan fingerprint density at radius 2 is 2.10 bits per heavy atom. The lowest BCUT2D eigenvalue weighted by atomic mass is 10.5. The van der Waals surface area contributed by atoms with Crippen molar-refractivity contribution in [3.05, 3.63) is 0 Å². The van der Waals surface area contributed by atoms with Gasteiger partial charge in [-0.05, 0) is 19.0 Å². The summed E-state index contributed by atoms with van der Waals surface area (Å²) in [6.07, 6.45) is 1.05. The molecule has 0 amide bonds. The zero-order chi connectivity index (χ0) is 6.95. The normalized spacial score (nSPS) is 9.00. The van der Waals surface area contributed by atoms with Crippen LogP contribution >= 0.6 is 12.4 Å². The van der Waals surface area contributed by atoms with Gasteiger partial charge < -0.3 is 15.8 Å². The molecule has 0 fully saturated rings. The van der Waals surface area contributed by atoms with Crippen LogP contribution < -0.4 is 11.1 Å². The zero-order valence-electron chi connectivity index (χ0n) is 5.97. The Morgan fingerprint density at radius 3 is 2.60 bits per heavy atom. The van der Waals surface area contributed by atoms with Crippen LogP contribution in [0, 0.1) is 0 Å². The summed E-state index contributed by atoms with van der Waals surface area (Å²) >= 11 is 0. The topological polar surface area (TPSA) is 58.3 Å². The lowest BCUT2D eigenvalue weighted by Gasteiger charge is -1.98. The van der Waals surface area contributed by atoms with Gasteiger partial charge in [-0.3, -0.25) is 0 Å². The summed E-state index contributed by atoms with van der Waals surface area (Å²) < 4.78 is 0. The van der Waals surface area contributed by atoms with Crippen LogP contribution in [0.1, 0.15) is 6.42 Å². The molecule has 0 aromatic heterocycles. The van der Waals surface area contributed by atoms with Crippen molar-refractivity contribution in [1.82, 2.24) is 5.32 Å². The van der Waals surface area contributed by atoms with E-state index >= 15 is 0 Å². The average Bonchev–Trinajstić information content (AvgIpc) is 1.89. The van der Waals surface area contributed by atoms with Crippen LogP contribution in [0.25, 0.3) is 0 Å². The third-order valence-electron chi connectivity index (χ3n) is 0.963. The average molecular weight is 183 g/mol. The summed E-state index contributed by atoms with van der Waals surface area (Å²) in [7, 11) is 0.0984. The van der Waals surface area contributed by atoms with E-state index in [0.717, 1.165) is 25.6 Å². The maximum atomic E-state index is 8.40. The van der Waals surface area contributed by atoms with E-state index in [9.17, 15) is 0 Å². The molecule has 62 valence electrons. The van der Waals surface area contributed by atoms with E-state index in [2.05, 4.69) is 5.32 Å². The first-order valence-electron chi connectivity index (χ1n) is 3.19. The molecule has 0 aliphatic heterocycles. The number of nitrogens with two attached hydrogens (primary N) is 1. The largest absolute Gasteiger partial charge is 0.432 e. The molecule has 2 radical (unpaired) electrons. The maximum Gasteiger partial charge on any atom is 0.224 e. The quantitative estimate of drug-likeness (QED) is 0.379. The molecular formula is C5H15ClN2OSi. The van der Waals surface area contributed by atoms with E-state index in [1.807, 2.05) is 0 Å². The minimum Gasteiger partial charge on any atom is -0.432 e. The van der Waals surface area contributed by atoms with Crippen LogP contribution in [0.15, 0.2) is 0 Å². The van der Waals surface area contributed by atoms with Crippen LogP contribution in [-0.4, -0.2) is 34.2 Å². The number of rotatable bonds is 6. The first-order chi connectivity index (χ1) is 4.41. The second kappa shape index (κ2) is 12.1. The maximum absolute atomic E-state index is 8.40. The summed E-state index contributed by atoms with van der Waals surface area (Å²) in [4.78, 5) is 8.40. The Labute approximate surface area is 70.7 Å². The van der Waals surface area contributed by atoms with Crippen LogP contribution in [0.4, 0.5) is 0 Å². The number of hydrogen-bond acceptors (Lipinski definition) is 3. The molecule has 0 spiro atoms. The standard InChI is InChI=1S/C5H14N2OSi.ClH/c6-2-4-7-3-1-5-9-8;/h7-8H,1-6H2;1H. The summed E-state index contributed by atoms with van der Waals surface area (Å²) in [6.45, 7) is 2.56. The second-order valence-corrected chi connectivity index (χ2v) is 2.62. The molecular weight excluding hydrogens is 168 g/mol. The lowest BCUT2D eigenvalue weighted by Crippen LogP contribution is -2.23. The van der Waals surface area contributed by atoms with Crippen molar-refractivity contribution in [2.45, 2.75) is 12.5 Å². The highest BCUT2D eigenvalue weighted by atomic mass is 35.5. The van der Waals surface area contributed by atoms with Crippen molar-refractivity contribution in [3.8, 4) is 0 Å². The first-order valence-corrected chi connectivity index (χ1v) is 4.35. The fourth-order valence-corrected chi connectivity index (χ4v) is 0.854. The molecule has 0 unspecified atom stereocenters. The van der Waals surface area contributed by atoms with Gasteiger partial charge in [-0.15, -0.1) is 12.4 Å². The fourth-order valence-electron chi connectivity index (χ4n) is 0.520. The van der Waals surface area contributed by atoms with Crippen molar-refractivity contribution in [2.24, 2.45) is 5.73 Å². The predicted octanol–water partition coefficient (Wildman–Crippen LogP) is -0.624. The van der Waals surface area contributed by atoms with E-state index < -0.39 is 0 Å². The third kappa shape index (κ3) is 11.2. The molecule has 0 atom stereocenters. The highest BCUT2D eigenvalue weighted by molar-refractivity contribution is 6.25. The van der Waals surface area contributed by atoms with Gasteiger partial charge in [0.25, 0.3) is 0 Å². The first kappa shape index (κ1) is 13.0. The SMILES string of the molecule is Cl.NCCNCCC[Si]O. The van der Waals surface area contributed by atoms with Crippen LogP contribution in [0.2, 0.25) is 6.04 Å². The number of halogens is 1. The van der Waals surface area contributed by atoms with Gasteiger partial charge in [0.15, 0.2) is 0 Å². The van der Waals surface area contributed by atoms with Gasteiger partial charge in [0.2, 0.25) is 9.76 Å². The zero-order valence-corrected chi connectivity index (χ0v) is 7.78. The summed E-state index contributed by atoms with van der Waals surface area (Å²) in [5.41, 5.74) is 5.23. The molecule has 0 saturated heterocycles. The van der Waals surface area contributed by atoms with Gasteiger partial charge in [0.1, 0.15) is 0 Å². The van der Waals surface area contributed by atoms with E-state index in [1.54, 1.807) is 0 Å². The lowest BCUT2D eigenvalue weighted by molar-refractivity contribution is 0.589. The third-order valence-corrected chi connectivity index (χ3v) is 1.54. The predicted molar refractivity (Wildman–Crippen MR) is 46.6 cm³/mol. The molecule has 0 bridgehead atoms. The monoisotopic (exact) mass is 182 g/mol. The minimum atomic E-state index is 0. The van der Waals surface area contributed by atoms with Gasteiger partial charge in [-0.25, -0.2) is 0 Å². The minimum absolute atomic E-state index is 0. The number of nitrogens with one attached hydrogen (secondary N) is 1. The second-order valence-electron chi connectivity index (χ2n) is 1.80. The summed E-state index contributed by atoms with van der Waals surface area (Å²) in [5.74, 6) is 0. The van der Waals surface area contributed by atoms with E-state index in [-0.39, 0.29) is 22.2 Å². The van der Waals surface area contributed by atoms with E-state index in [4.69, 9.17) is 10.5 Å². The van der Waals surface area contributed by atoms with Crippen molar-refractivity contribution >= 4 is 22.2 Å². The molecule has 0 aliphatic rings. The van der Waals surface area contributed by atoms with Crippen molar-refractivity contribution < 1.29 is 4.80 Å². The van der Waals surface area contributed by atoms with Crippen molar-refractivity contribution in [2.75, 3.05) is 19.6 Å². The smallest absolute Gasteiger partial charge is 0.224 e. The Bertz CT molecular complexity index is 52.9. The highest BCUT2D eigenvalue weighted by Gasteiger charge is 1.86. The molecule has 5 heteroatoms. The molecule has 4 N–H and O–H groups in total. The molecule has 10 heavy (non-hydrogen) atoms. The summed E-state index contributed by atoms with van der Waals surface area (Å²) in [6, 6.07) is 0.914. The van der Waals surface area contributed by atoms with Gasteiger partial charge in [0, 0.05) is 13.1 Å². The van der Waals surface area contributed by atoms with Crippen molar-refractivity contribution in [1.29, 1.82) is 0 Å². The van der Waals surface area contributed by atoms with Crippen LogP contribution in [0.3, 0.4) is 0 Å². The molecule has 0 saturated carbocycles. The molecule has 0 aromatic rings. The molecule has 0 rings (SSSR count). The van der Waals surface area contributed by atoms with Gasteiger partial charge in [0.05, 0.1) is 0 Å². The van der Waals surface area contributed by atoms with Crippen LogP contribution in [-0.2, 0) is 0 Å². The molecule has 0 aliphatic carbocycles. The molecule has 3 nitrogen and oxygen atoms in total. The molecule has 0 heterocycles. The number of hydrogen-bond donors (Lipinski definition) is 3. The highest BCUT2D eigenvalue weighted by Crippen LogP contribution is 1.82. The van der Waals surface area contributed by atoms with E-state index in [0.29, 0.717) is 6.54 Å². The Kier molecular flexibility index (Phi) is 15.7. The van der Waals surface area contributed by atoms with Gasteiger partial charge >= 0.3 is 0 Å². The molecule has 0 aromatic carbocycles. The van der Waals surface area contributed by atoms with Crippen molar-refractivity contribution in [3.63, 3.8) is 0 Å². The van der Waals surface area contributed by atoms with Gasteiger partial charge in [-0.2, -0.15) is 0 Å². The summed E-state index contributed by atoms with van der Waals surface area (Å²) in [5, 5.41) is 3.14. The Hall–Kier alpha value is 0.387. The fraction of sp³-hybridized carbons (Fsp3) is 1.00. The Morgan fingerprint density at radius 1 is 1.40 bits per heavy atom. The van der Waals surface area contributed by atoms with Gasteiger partial charge in [-0.1, -0.05) is 0 Å². The van der Waals surface area contributed by atoms with E-state index in [1.165, 1.54) is 0 Å². The van der Waals surface area contributed by atoms with Crippen LogP contribution in [0.5, 0.6) is 0 Å². The Balaban J connectivity index is 0.